The Morgan fingerprint density at radius 3 is 2.21 bits per heavy atom. The van der Waals surface area contributed by atoms with E-state index in [4.69, 9.17) is 5.11 Å². The van der Waals surface area contributed by atoms with E-state index in [9.17, 15) is 9.90 Å². The molecule has 3 saturated carbocycles. The van der Waals surface area contributed by atoms with Crippen molar-refractivity contribution in [1.29, 1.82) is 0 Å². The lowest BCUT2D eigenvalue weighted by atomic mass is 9.47. The van der Waals surface area contributed by atoms with Crippen LogP contribution in [0.4, 0.5) is 0 Å². The van der Waals surface area contributed by atoms with E-state index in [2.05, 4.69) is 71.9 Å². The molecule has 3 nitrogen and oxygen atoms in total. The number of allylic oxidation sites excluding steroid dienone is 5. The molecule has 0 aromatic rings. The molecule has 1 unspecified atom stereocenters. The van der Waals surface area contributed by atoms with Crippen molar-refractivity contribution in [2.45, 2.75) is 195 Å². The van der Waals surface area contributed by atoms with Gasteiger partial charge in [0.15, 0.2) is 0 Å². The summed E-state index contributed by atoms with van der Waals surface area (Å²) in [5, 5.41) is 18.7. The molecule has 0 aromatic heterocycles. The van der Waals surface area contributed by atoms with Gasteiger partial charge in [-0.05, 0) is 136 Å². The molecule has 8 atom stereocenters. The van der Waals surface area contributed by atoms with Crippen LogP contribution >= 0.6 is 0 Å². The third kappa shape index (κ3) is 12.2. The highest BCUT2D eigenvalue weighted by Crippen LogP contribution is 2.67. The smallest absolute Gasteiger partial charge is 0.303 e. The van der Waals surface area contributed by atoms with Gasteiger partial charge in [-0.3, -0.25) is 4.79 Å². The first-order valence-corrected chi connectivity index (χ1v) is 20.9. The molecule has 0 bridgehead atoms. The molecule has 0 saturated heterocycles. The number of aliphatic hydroxyl groups is 1. The van der Waals surface area contributed by atoms with E-state index >= 15 is 0 Å². The molecule has 0 heterocycles. The van der Waals surface area contributed by atoms with E-state index in [0.717, 1.165) is 74.0 Å². The molecule has 3 fully saturated rings. The minimum absolute atomic E-state index is 0.0766. The maximum absolute atomic E-state index is 10.3. The Kier molecular flexibility index (Phi) is 18.1. The summed E-state index contributed by atoms with van der Waals surface area (Å²) in [5.41, 5.74) is 2.60. The van der Waals surface area contributed by atoms with Gasteiger partial charge in [0.2, 0.25) is 0 Å². The maximum Gasteiger partial charge on any atom is 0.303 e. The molecule has 276 valence electrons. The molecule has 4 aliphatic rings. The van der Waals surface area contributed by atoms with Crippen molar-refractivity contribution in [3.8, 4) is 0 Å². The molecule has 0 spiro atoms. The lowest BCUT2D eigenvalue weighted by molar-refractivity contribution is -0.137. The summed E-state index contributed by atoms with van der Waals surface area (Å²) in [6.07, 6.45) is 39.4. The summed E-state index contributed by atoms with van der Waals surface area (Å²) in [4.78, 5) is 10.3. The van der Waals surface area contributed by atoms with Gasteiger partial charge in [-0.1, -0.05) is 129 Å². The van der Waals surface area contributed by atoms with Crippen LogP contribution in [0, 0.1) is 46.3 Å². The number of rotatable bonds is 19. The van der Waals surface area contributed by atoms with E-state index in [1.807, 2.05) is 0 Å². The molecule has 0 aromatic carbocycles. The Labute approximate surface area is 297 Å². The molecule has 4 aliphatic carbocycles. The van der Waals surface area contributed by atoms with Crippen molar-refractivity contribution in [2.75, 3.05) is 0 Å². The van der Waals surface area contributed by atoms with Gasteiger partial charge in [-0.2, -0.15) is 0 Å². The number of carbonyl (C=O) groups is 1. The highest BCUT2D eigenvalue weighted by molar-refractivity contribution is 5.66. The third-order valence-corrected chi connectivity index (χ3v) is 13.6. The molecular formula is C45H78O3. The second kappa shape index (κ2) is 21.1. The van der Waals surface area contributed by atoms with Crippen LogP contribution in [-0.2, 0) is 4.79 Å². The van der Waals surface area contributed by atoms with Gasteiger partial charge in [0.25, 0.3) is 0 Å². The van der Waals surface area contributed by atoms with Gasteiger partial charge >= 0.3 is 5.97 Å². The lowest BCUT2D eigenvalue weighted by Gasteiger charge is -2.58. The minimum Gasteiger partial charge on any atom is -0.481 e. The minimum atomic E-state index is -0.671. The Bertz CT molecular complexity index is 1010. The van der Waals surface area contributed by atoms with Crippen LogP contribution in [0.1, 0.15) is 189 Å². The summed E-state index contributed by atoms with van der Waals surface area (Å²) in [6, 6.07) is 0. The normalized spacial score (nSPS) is 32.0. The molecule has 2 N–H and O–H groups in total. The van der Waals surface area contributed by atoms with E-state index in [1.165, 1.54) is 103 Å². The first-order valence-electron chi connectivity index (χ1n) is 20.9. The van der Waals surface area contributed by atoms with E-state index in [1.54, 1.807) is 5.57 Å². The van der Waals surface area contributed by atoms with Gasteiger partial charge in [0.1, 0.15) is 0 Å². The Balaban J connectivity index is 0.000000279. The summed E-state index contributed by atoms with van der Waals surface area (Å²) in [5.74, 6) is 4.79. The number of hydrogen-bond donors (Lipinski definition) is 2. The topological polar surface area (TPSA) is 57.5 Å². The highest BCUT2D eigenvalue weighted by atomic mass is 16.4. The average Bonchev–Trinajstić information content (AvgIpc) is 3.40. The molecule has 0 amide bonds. The van der Waals surface area contributed by atoms with Crippen LogP contribution in [0.15, 0.2) is 36.0 Å². The third-order valence-electron chi connectivity index (χ3n) is 13.6. The van der Waals surface area contributed by atoms with Crippen molar-refractivity contribution in [1.82, 2.24) is 0 Å². The molecular weight excluding hydrogens is 588 g/mol. The Morgan fingerprint density at radius 2 is 1.52 bits per heavy atom. The summed E-state index contributed by atoms with van der Waals surface area (Å²) in [6.45, 7) is 14.8. The number of carboxylic acid groups (broad SMARTS) is 1. The second-order valence-electron chi connectivity index (χ2n) is 17.6. The van der Waals surface area contributed by atoms with Crippen LogP contribution in [0.3, 0.4) is 0 Å². The molecule has 0 aliphatic heterocycles. The zero-order valence-corrected chi connectivity index (χ0v) is 32.5. The summed E-state index contributed by atoms with van der Waals surface area (Å²) >= 11 is 0. The fourth-order valence-corrected chi connectivity index (χ4v) is 10.8. The fraction of sp³-hybridized carbons (Fsp3) is 0.844. The SMILES string of the molecule is CC(C)CCCC(C)[C@H]1CC[C@H]2[C@@H]3CC=C4C[C@@H](O)CC[C@]4(C)[C@H]3CC[C@]12C.CCCCC/C=C\C/C=C\CCCCCCCC(=O)O. The summed E-state index contributed by atoms with van der Waals surface area (Å²) in [7, 11) is 0. The summed E-state index contributed by atoms with van der Waals surface area (Å²) < 4.78 is 0. The predicted octanol–water partition coefficient (Wildman–Crippen LogP) is 13.3. The quantitative estimate of drug-likeness (QED) is 0.107. The highest BCUT2D eigenvalue weighted by Gasteiger charge is 2.59. The monoisotopic (exact) mass is 667 g/mol. The lowest BCUT2D eigenvalue weighted by Crippen LogP contribution is -2.50. The van der Waals surface area contributed by atoms with Crippen LogP contribution in [-0.4, -0.2) is 22.3 Å². The number of fused-ring (bicyclic) bond motifs is 5. The van der Waals surface area contributed by atoms with Crippen molar-refractivity contribution in [3.05, 3.63) is 36.0 Å². The van der Waals surface area contributed by atoms with Crippen LogP contribution in [0.2, 0.25) is 0 Å². The van der Waals surface area contributed by atoms with Crippen LogP contribution < -0.4 is 0 Å². The second-order valence-corrected chi connectivity index (χ2v) is 17.6. The fourth-order valence-electron chi connectivity index (χ4n) is 10.8. The number of carboxylic acids is 1. The van der Waals surface area contributed by atoms with Crippen molar-refractivity contribution in [3.63, 3.8) is 0 Å². The van der Waals surface area contributed by atoms with Gasteiger partial charge < -0.3 is 10.2 Å². The number of aliphatic hydroxyl groups excluding tert-OH is 1. The van der Waals surface area contributed by atoms with Crippen LogP contribution in [0.5, 0.6) is 0 Å². The standard InChI is InChI=1S/C27H46O.C18H32O2/c1-18(2)7-6-8-19(3)23-11-12-24-22-10-9-20-17-21(28)13-15-26(20,4)25(22)14-16-27(23,24)5;1-2-3-4-5-6-7-8-9-10-11-12-13-14-15-16-17-18(19)20/h9,18-19,21-25,28H,6-8,10-17H2,1-5H3;6-7,9-10H,2-5,8,11-17H2,1H3,(H,19,20)/b;7-6-,10-9-/t19?,21-,22-,23+,24-,25-,26-,27+;/m0./s1. The molecule has 48 heavy (non-hydrogen) atoms. The van der Waals surface area contributed by atoms with Gasteiger partial charge in [-0.15, -0.1) is 0 Å². The van der Waals surface area contributed by atoms with Gasteiger partial charge in [-0.25, -0.2) is 0 Å². The van der Waals surface area contributed by atoms with E-state index in [-0.39, 0.29) is 6.10 Å². The molecule has 0 radical (unpaired) electrons. The first-order chi connectivity index (χ1) is 23.0. The molecule has 4 rings (SSSR count). The van der Waals surface area contributed by atoms with Crippen molar-refractivity contribution >= 4 is 5.97 Å². The zero-order chi connectivity index (χ0) is 35.0. The van der Waals surface area contributed by atoms with E-state index < -0.39 is 5.97 Å². The number of hydrogen-bond acceptors (Lipinski definition) is 2. The maximum atomic E-state index is 10.3. The molecule has 3 heteroatoms. The average molecular weight is 667 g/mol. The number of aliphatic carboxylic acids is 1. The van der Waals surface area contributed by atoms with Crippen molar-refractivity contribution < 1.29 is 15.0 Å². The largest absolute Gasteiger partial charge is 0.481 e. The van der Waals surface area contributed by atoms with Crippen molar-refractivity contribution in [2.24, 2.45) is 46.3 Å². The van der Waals surface area contributed by atoms with Crippen LogP contribution in [0.25, 0.3) is 0 Å². The first kappa shape index (κ1) is 41.1. The van der Waals surface area contributed by atoms with E-state index in [0.29, 0.717) is 17.3 Å². The Hall–Kier alpha value is -1.35. The van der Waals surface area contributed by atoms with Gasteiger partial charge in [0.05, 0.1) is 6.10 Å². The zero-order valence-electron chi connectivity index (χ0n) is 32.5. The number of unbranched alkanes of at least 4 members (excludes halogenated alkanes) is 8. The Morgan fingerprint density at radius 1 is 0.833 bits per heavy atom. The predicted molar refractivity (Wildman–Crippen MR) is 206 cm³/mol. The van der Waals surface area contributed by atoms with Gasteiger partial charge in [0, 0.05) is 6.42 Å².